The van der Waals surface area contributed by atoms with Gasteiger partial charge < -0.3 is 9.47 Å². The number of aryl methyl sites for hydroxylation is 2. The molecule has 0 unspecified atom stereocenters. The van der Waals surface area contributed by atoms with Gasteiger partial charge in [-0.25, -0.2) is 4.79 Å². The molecule has 1 aliphatic rings. The van der Waals surface area contributed by atoms with Gasteiger partial charge in [0.25, 0.3) is 5.56 Å². The number of hydrogen-bond donors (Lipinski definition) is 1. The summed E-state index contributed by atoms with van der Waals surface area (Å²) in [4.78, 5) is 35.9. The third-order valence-corrected chi connectivity index (χ3v) is 5.21. The molecule has 3 aromatic rings. The summed E-state index contributed by atoms with van der Waals surface area (Å²) in [6.45, 7) is 7.07. The molecule has 0 saturated carbocycles. The first-order valence-electron chi connectivity index (χ1n) is 9.29. The highest BCUT2D eigenvalue weighted by Crippen LogP contribution is 2.21. The highest BCUT2D eigenvalue weighted by Gasteiger charge is 2.24. The van der Waals surface area contributed by atoms with Crippen LogP contribution in [0.15, 0.2) is 39.9 Å². The first kappa shape index (κ1) is 17.5. The van der Waals surface area contributed by atoms with Crippen molar-refractivity contribution in [1.29, 1.82) is 0 Å². The van der Waals surface area contributed by atoms with E-state index in [1.54, 1.807) is 7.05 Å². The van der Waals surface area contributed by atoms with Crippen LogP contribution in [0.1, 0.15) is 12.5 Å². The molecule has 3 heterocycles. The molecule has 0 radical (unpaired) electrons. The number of nitrogens with zero attached hydrogens (tertiary/aromatic N) is 5. The molecule has 1 aromatic carbocycles. The third kappa shape index (κ3) is 3.16. The van der Waals surface area contributed by atoms with E-state index in [0.29, 0.717) is 17.7 Å². The minimum Gasteiger partial charge on any atom is -0.340 e. The van der Waals surface area contributed by atoms with Crippen molar-refractivity contribution in [2.45, 2.75) is 20.0 Å². The quantitative estimate of drug-likeness (QED) is 0.736. The van der Waals surface area contributed by atoms with Crippen LogP contribution in [0.2, 0.25) is 0 Å². The second kappa shape index (κ2) is 7.03. The first-order chi connectivity index (χ1) is 13.1. The van der Waals surface area contributed by atoms with Gasteiger partial charge in [-0.3, -0.25) is 19.2 Å². The molecule has 8 nitrogen and oxygen atoms in total. The lowest BCUT2D eigenvalue weighted by molar-refractivity contribution is 0.248. The van der Waals surface area contributed by atoms with Gasteiger partial charge in [-0.1, -0.05) is 30.3 Å². The lowest BCUT2D eigenvalue weighted by atomic mass is 10.2. The zero-order chi connectivity index (χ0) is 19.0. The summed E-state index contributed by atoms with van der Waals surface area (Å²) in [7, 11) is 1.63. The Bertz CT molecular complexity index is 1060. The minimum atomic E-state index is -0.438. The van der Waals surface area contributed by atoms with Crippen LogP contribution < -0.4 is 16.1 Å². The summed E-state index contributed by atoms with van der Waals surface area (Å²) in [6.07, 6.45) is 0. The molecule has 1 aliphatic heterocycles. The number of aromatic nitrogens is 4. The van der Waals surface area contributed by atoms with Crippen molar-refractivity contribution in [2.24, 2.45) is 7.05 Å². The van der Waals surface area contributed by atoms with E-state index in [2.05, 4.69) is 44.0 Å². The molecular formula is C19H24N6O2. The maximum absolute atomic E-state index is 12.3. The van der Waals surface area contributed by atoms with Crippen molar-refractivity contribution < 1.29 is 0 Å². The van der Waals surface area contributed by atoms with Gasteiger partial charge in [0.15, 0.2) is 11.2 Å². The normalized spacial score (nSPS) is 15.6. The number of hydrogen-bond acceptors (Lipinski definition) is 5. The third-order valence-electron chi connectivity index (χ3n) is 5.21. The Kier molecular flexibility index (Phi) is 4.57. The molecule has 142 valence electrons. The molecule has 27 heavy (non-hydrogen) atoms. The van der Waals surface area contributed by atoms with Crippen molar-refractivity contribution in [3.05, 3.63) is 56.7 Å². The summed E-state index contributed by atoms with van der Waals surface area (Å²) in [5.74, 6) is 0.763. The molecule has 0 atom stereocenters. The van der Waals surface area contributed by atoms with E-state index < -0.39 is 5.69 Å². The van der Waals surface area contributed by atoms with Gasteiger partial charge in [0.1, 0.15) is 0 Å². The summed E-state index contributed by atoms with van der Waals surface area (Å²) < 4.78 is 3.30. The fourth-order valence-corrected chi connectivity index (χ4v) is 3.71. The summed E-state index contributed by atoms with van der Waals surface area (Å²) in [6, 6.07) is 10.5. The van der Waals surface area contributed by atoms with E-state index in [-0.39, 0.29) is 5.56 Å². The summed E-state index contributed by atoms with van der Waals surface area (Å²) >= 11 is 0. The first-order valence-corrected chi connectivity index (χ1v) is 9.29. The lowest BCUT2D eigenvalue weighted by Crippen LogP contribution is -2.46. The summed E-state index contributed by atoms with van der Waals surface area (Å²) in [5.41, 5.74) is 1.39. The summed E-state index contributed by atoms with van der Waals surface area (Å²) in [5, 5.41) is 0. The Hall–Kier alpha value is -2.87. The van der Waals surface area contributed by atoms with Crippen LogP contribution in [0.25, 0.3) is 11.2 Å². The van der Waals surface area contributed by atoms with Crippen LogP contribution in [0.5, 0.6) is 0 Å². The minimum absolute atomic E-state index is 0.378. The predicted octanol–water partition coefficient (Wildman–Crippen LogP) is 0.765. The topological polar surface area (TPSA) is 79.2 Å². The van der Waals surface area contributed by atoms with E-state index in [9.17, 15) is 9.59 Å². The number of benzene rings is 1. The molecular weight excluding hydrogens is 344 g/mol. The largest absolute Gasteiger partial charge is 0.340 e. The molecule has 0 amide bonds. The van der Waals surface area contributed by atoms with Crippen LogP contribution in [-0.2, 0) is 20.1 Å². The molecule has 8 heteroatoms. The van der Waals surface area contributed by atoms with Crippen LogP contribution in [0, 0.1) is 0 Å². The van der Waals surface area contributed by atoms with Gasteiger partial charge in [-0.2, -0.15) is 4.98 Å². The fraction of sp³-hybridized carbons (Fsp3) is 0.421. The molecule has 0 bridgehead atoms. The molecule has 0 spiro atoms. The Labute approximate surface area is 156 Å². The van der Waals surface area contributed by atoms with Crippen LogP contribution in [0.3, 0.4) is 0 Å². The molecule has 4 rings (SSSR count). The van der Waals surface area contributed by atoms with Gasteiger partial charge >= 0.3 is 5.69 Å². The number of fused-ring (bicyclic) bond motifs is 1. The monoisotopic (exact) mass is 368 g/mol. The fourth-order valence-electron chi connectivity index (χ4n) is 3.71. The zero-order valence-corrected chi connectivity index (χ0v) is 15.7. The van der Waals surface area contributed by atoms with Crippen LogP contribution in [0.4, 0.5) is 5.95 Å². The SMILES string of the molecule is CCn1c(N2CCN(Cc3ccccc3)CC2)nc2c1c(=O)[nH]c(=O)n2C. The maximum atomic E-state index is 12.3. The number of anilines is 1. The van der Waals surface area contributed by atoms with E-state index in [1.807, 2.05) is 17.6 Å². The Morgan fingerprint density at radius 1 is 1.07 bits per heavy atom. The number of H-pyrrole nitrogens is 1. The van der Waals surface area contributed by atoms with Gasteiger partial charge in [-0.05, 0) is 12.5 Å². The van der Waals surface area contributed by atoms with Crippen molar-refractivity contribution >= 4 is 17.1 Å². The Morgan fingerprint density at radius 3 is 2.44 bits per heavy atom. The van der Waals surface area contributed by atoms with Crippen molar-refractivity contribution in [3.63, 3.8) is 0 Å². The van der Waals surface area contributed by atoms with Gasteiger partial charge in [0, 0.05) is 46.3 Å². The lowest BCUT2D eigenvalue weighted by Gasteiger charge is -2.35. The standard InChI is InChI=1S/C19H24N6O2/c1-3-25-15-16(22(2)19(27)21-17(15)26)20-18(25)24-11-9-23(10-12-24)13-14-7-5-4-6-8-14/h4-8H,3,9-13H2,1-2H3,(H,21,26,27). The molecule has 1 fully saturated rings. The predicted molar refractivity (Wildman–Crippen MR) is 105 cm³/mol. The number of aromatic amines is 1. The average molecular weight is 368 g/mol. The average Bonchev–Trinajstić information content (AvgIpc) is 3.08. The van der Waals surface area contributed by atoms with Gasteiger partial charge in [0.2, 0.25) is 5.95 Å². The van der Waals surface area contributed by atoms with E-state index in [1.165, 1.54) is 10.1 Å². The Morgan fingerprint density at radius 2 is 1.78 bits per heavy atom. The zero-order valence-electron chi connectivity index (χ0n) is 15.7. The number of imidazole rings is 1. The number of rotatable bonds is 4. The maximum Gasteiger partial charge on any atom is 0.329 e. The highest BCUT2D eigenvalue weighted by molar-refractivity contribution is 5.74. The number of piperazine rings is 1. The van der Waals surface area contributed by atoms with Crippen molar-refractivity contribution in [3.8, 4) is 0 Å². The second-order valence-corrected chi connectivity index (χ2v) is 6.90. The van der Waals surface area contributed by atoms with Gasteiger partial charge in [-0.15, -0.1) is 0 Å². The van der Waals surface area contributed by atoms with Crippen LogP contribution >= 0.6 is 0 Å². The van der Waals surface area contributed by atoms with E-state index >= 15 is 0 Å². The molecule has 2 aromatic heterocycles. The van der Waals surface area contributed by atoms with Crippen LogP contribution in [-0.4, -0.2) is 50.2 Å². The highest BCUT2D eigenvalue weighted by atomic mass is 16.2. The number of nitrogens with one attached hydrogen (secondary N) is 1. The van der Waals surface area contributed by atoms with Crippen molar-refractivity contribution in [2.75, 3.05) is 31.1 Å². The second-order valence-electron chi connectivity index (χ2n) is 6.90. The molecule has 1 N–H and O–H groups in total. The molecule has 1 saturated heterocycles. The Balaban J connectivity index is 1.59. The van der Waals surface area contributed by atoms with E-state index in [0.717, 1.165) is 38.7 Å². The van der Waals surface area contributed by atoms with Gasteiger partial charge in [0.05, 0.1) is 0 Å². The smallest absolute Gasteiger partial charge is 0.329 e. The van der Waals surface area contributed by atoms with E-state index in [4.69, 9.17) is 0 Å². The van der Waals surface area contributed by atoms with Crippen molar-refractivity contribution in [1.82, 2.24) is 24.0 Å². The molecule has 0 aliphatic carbocycles.